The molecule has 3 fully saturated rings. The van der Waals surface area contributed by atoms with Crippen LogP contribution < -0.4 is 15.4 Å². The van der Waals surface area contributed by atoms with Gasteiger partial charge in [-0.3, -0.25) is 9.89 Å². The summed E-state index contributed by atoms with van der Waals surface area (Å²) in [5.74, 6) is 2.51. The molecule has 30 heavy (non-hydrogen) atoms. The molecule has 7 heteroatoms. The van der Waals surface area contributed by atoms with Gasteiger partial charge in [-0.2, -0.15) is 0 Å². The van der Waals surface area contributed by atoms with Gasteiger partial charge in [-0.05, 0) is 49.4 Å². The van der Waals surface area contributed by atoms with E-state index >= 15 is 0 Å². The number of likely N-dealkylation sites (tertiary alicyclic amines) is 1. The van der Waals surface area contributed by atoms with E-state index in [1.54, 1.807) is 7.11 Å². The Bertz CT molecular complexity index is 685. The Kier molecular flexibility index (Phi) is 7.47. The molecule has 4 rings (SSSR count). The summed E-state index contributed by atoms with van der Waals surface area (Å²) in [7, 11) is 3.57. The zero-order valence-electron chi connectivity index (χ0n) is 18.5. The van der Waals surface area contributed by atoms with E-state index in [9.17, 15) is 0 Å². The molecule has 0 aromatic heterocycles. The van der Waals surface area contributed by atoms with Gasteiger partial charge < -0.3 is 25.0 Å². The third kappa shape index (κ3) is 5.65. The number of methoxy groups -OCH3 is 1. The van der Waals surface area contributed by atoms with Crippen molar-refractivity contribution >= 4 is 5.96 Å². The minimum atomic E-state index is 0.273. The smallest absolute Gasteiger partial charge is 0.191 e. The highest BCUT2D eigenvalue weighted by molar-refractivity contribution is 5.79. The van der Waals surface area contributed by atoms with Gasteiger partial charge in [-0.1, -0.05) is 12.1 Å². The van der Waals surface area contributed by atoms with Crippen LogP contribution in [0, 0.1) is 5.92 Å². The average molecular weight is 416 g/mol. The average Bonchev–Trinajstić information content (AvgIpc) is 3.55. The first-order valence-electron chi connectivity index (χ1n) is 11.4. The standard InChI is InChI=1S/C23H37N5O2/c1-24-23(25-15-18-9-10-28(17-18)20-5-6-20)26-16-22(27-11-13-30-14-12-27)19-3-7-21(29-2)8-4-19/h3-4,7-8,18,20,22H,5-6,9-17H2,1-2H3,(H2,24,25,26). The lowest BCUT2D eigenvalue weighted by molar-refractivity contribution is 0.0170. The summed E-state index contributed by atoms with van der Waals surface area (Å²) in [6, 6.07) is 9.58. The molecule has 1 aromatic carbocycles. The third-order valence-corrected chi connectivity index (χ3v) is 6.61. The number of nitrogens with zero attached hydrogens (tertiary/aromatic N) is 3. The second-order valence-electron chi connectivity index (χ2n) is 8.65. The fraction of sp³-hybridized carbons (Fsp3) is 0.696. The summed E-state index contributed by atoms with van der Waals surface area (Å²) >= 11 is 0. The van der Waals surface area contributed by atoms with Crippen LogP contribution in [0.4, 0.5) is 0 Å². The summed E-state index contributed by atoms with van der Waals surface area (Å²) in [4.78, 5) is 9.63. The molecule has 1 aliphatic carbocycles. The maximum Gasteiger partial charge on any atom is 0.191 e. The molecule has 2 unspecified atom stereocenters. The first-order chi connectivity index (χ1) is 14.8. The van der Waals surface area contributed by atoms with E-state index in [0.717, 1.165) is 63.1 Å². The molecule has 2 N–H and O–H groups in total. The normalized spacial score (nSPS) is 24.6. The zero-order chi connectivity index (χ0) is 20.8. The highest BCUT2D eigenvalue weighted by Crippen LogP contribution is 2.31. The van der Waals surface area contributed by atoms with E-state index in [1.807, 2.05) is 19.2 Å². The molecular formula is C23H37N5O2. The number of aliphatic imine (C=N–C) groups is 1. The van der Waals surface area contributed by atoms with Crippen molar-refractivity contribution in [3.05, 3.63) is 29.8 Å². The minimum Gasteiger partial charge on any atom is -0.497 e. The van der Waals surface area contributed by atoms with Crippen LogP contribution in [0.25, 0.3) is 0 Å². The highest BCUT2D eigenvalue weighted by atomic mass is 16.5. The fourth-order valence-corrected chi connectivity index (χ4v) is 4.63. The Balaban J connectivity index is 1.31. The fourth-order valence-electron chi connectivity index (χ4n) is 4.63. The molecule has 1 saturated carbocycles. The van der Waals surface area contributed by atoms with Gasteiger partial charge in [0, 0.05) is 45.8 Å². The SMILES string of the molecule is CN=C(NCC1CCN(C2CC2)C1)NCC(c1ccc(OC)cc1)N1CCOCC1. The summed E-state index contributed by atoms with van der Waals surface area (Å²) in [5, 5.41) is 7.14. The lowest BCUT2D eigenvalue weighted by Crippen LogP contribution is -2.47. The number of hydrogen-bond donors (Lipinski definition) is 2. The van der Waals surface area contributed by atoms with Gasteiger partial charge >= 0.3 is 0 Å². The van der Waals surface area contributed by atoms with Crippen LogP contribution in [0.5, 0.6) is 5.75 Å². The predicted octanol–water partition coefficient (Wildman–Crippen LogP) is 1.72. The first-order valence-corrected chi connectivity index (χ1v) is 11.4. The Morgan fingerprint density at radius 3 is 2.57 bits per heavy atom. The van der Waals surface area contributed by atoms with Gasteiger partial charge in [-0.15, -0.1) is 0 Å². The van der Waals surface area contributed by atoms with E-state index < -0.39 is 0 Å². The second-order valence-corrected chi connectivity index (χ2v) is 8.65. The van der Waals surface area contributed by atoms with E-state index in [-0.39, 0.29) is 6.04 Å². The quantitative estimate of drug-likeness (QED) is 0.498. The monoisotopic (exact) mass is 415 g/mol. The van der Waals surface area contributed by atoms with Crippen LogP contribution in [0.1, 0.15) is 30.9 Å². The number of hydrogen-bond acceptors (Lipinski definition) is 5. The van der Waals surface area contributed by atoms with E-state index in [2.05, 4.69) is 37.6 Å². The van der Waals surface area contributed by atoms with Crippen molar-refractivity contribution in [1.29, 1.82) is 0 Å². The molecule has 2 saturated heterocycles. The van der Waals surface area contributed by atoms with Crippen molar-refractivity contribution < 1.29 is 9.47 Å². The van der Waals surface area contributed by atoms with Gasteiger partial charge in [-0.25, -0.2) is 0 Å². The molecule has 1 aromatic rings. The molecule has 2 atom stereocenters. The van der Waals surface area contributed by atoms with Crippen molar-refractivity contribution in [3.8, 4) is 5.75 Å². The van der Waals surface area contributed by atoms with Crippen molar-refractivity contribution in [1.82, 2.24) is 20.4 Å². The van der Waals surface area contributed by atoms with Gasteiger partial charge in [0.2, 0.25) is 0 Å². The molecule has 3 aliphatic rings. The Morgan fingerprint density at radius 2 is 1.90 bits per heavy atom. The van der Waals surface area contributed by atoms with Crippen LogP contribution >= 0.6 is 0 Å². The topological polar surface area (TPSA) is 61.4 Å². The molecule has 2 aliphatic heterocycles. The maximum atomic E-state index is 5.57. The summed E-state index contributed by atoms with van der Waals surface area (Å²) in [5.41, 5.74) is 1.29. The van der Waals surface area contributed by atoms with Crippen molar-refractivity contribution in [3.63, 3.8) is 0 Å². The number of rotatable bonds is 8. The number of benzene rings is 1. The minimum absolute atomic E-state index is 0.273. The Hall–Kier alpha value is -1.83. The zero-order valence-corrected chi connectivity index (χ0v) is 18.5. The molecule has 0 radical (unpaired) electrons. The first kappa shape index (κ1) is 21.4. The number of morpholine rings is 1. The predicted molar refractivity (Wildman–Crippen MR) is 120 cm³/mol. The largest absolute Gasteiger partial charge is 0.497 e. The van der Waals surface area contributed by atoms with Crippen LogP contribution in [0.15, 0.2) is 29.3 Å². The third-order valence-electron chi connectivity index (χ3n) is 6.61. The van der Waals surface area contributed by atoms with Gasteiger partial charge in [0.15, 0.2) is 5.96 Å². The van der Waals surface area contributed by atoms with Crippen LogP contribution in [-0.2, 0) is 4.74 Å². The van der Waals surface area contributed by atoms with E-state index in [4.69, 9.17) is 9.47 Å². The molecule has 0 spiro atoms. The highest BCUT2D eigenvalue weighted by Gasteiger charge is 2.34. The van der Waals surface area contributed by atoms with Crippen LogP contribution in [-0.4, -0.2) is 88.4 Å². The van der Waals surface area contributed by atoms with E-state index in [0.29, 0.717) is 0 Å². The van der Waals surface area contributed by atoms with Gasteiger partial charge in [0.25, 0.3) is 0 Å². The van der Waals surface area contributed by atoms with Crippen LogP contribution in [0.3, 0.4) is 0 Å². The molecule has 0 bridgehead atoms. The van der Waals surface area contributed by atoms with Gasteiger partial charge in [0.05, 0.1) is 26.4 Å². The number of nitrogens with one attached hydrogen (secondary N) is 2. The molecular weight excluding hydrogens is 378 g/mol. The van der Waals surface area contributed by atoms with E-state index in [1.165, 1.54) is 37.9 Å². The Labute approximate surface area is 180 Å². The van der Waals surface area contributed by atoms with Crippen molar-refractivity contribution in [2.75, 3.05) is 66.6 Å². The van der Waals surface area contributed by atoms with Crippen LogP contribution in [0.2, 0.25) is 0 Å². The van der Waals surface area contributed by atoms with Crippen molar-refractivity contribution in [2.24, 2.45) is 10.9 Å². The molecule has 2 heterocycles. The number of ether oxygens (including phenoxy) is 2. The lowest BCUT2D eigenvalue weighted by atomic mass is 10.0. The molecule has 7 nitrogen and oxygen atoms in total. The van der Waals surface area contributed by atoms with Crippen molar-refractivity contribution in [2.45, 2.75) is 31.3 Å². The van der Waals surface area contributed by atoms with Gasteiger partial charge in [0.1, 0.15) is 5.75 Å². The molecule has 166 valence electrons. The maximum absolute atomic E-state index is 5.57. The summed E-state index contributed by atoms with van der Waals surface area (Å²) in [6.45, 7) is 7.78. The number of guanidine groups is 1. The lowest BCUT2D eigenvalue weighted by Gasteiger charge is -2.35. The molecule has 0 amide bonds. The summed E-state index contributed by atoms with van der Waals surface area (Å²) in [6.07, 6.45) is 4.10. The second kappa shape index (κ2) is 10.5. The Morgan fingerprint density at radius 1 is 1.13 bits per heavy atom. The summed E-state index contributed by atoms with van der Waals surface area (Å²) < 4.78 is 10.9.